The molecule has 3 atom stereocenters. The number of hydrogen-bond acceptors (Lipinski definition) is 9. The average Bonchev–Trinajstić information content (AvgIpc) is 3.47. The van der Waals surface area contributed by atoms with Gasteiger partial charge in [-0.25, -0.2) is 8.42 Å². The van der Waals surface area contributed by atoms with Crippen LogP contribution in [-0.4, -0.2) is 49.4 Å². The highest BCUT2D eigenvalue weighted by molar-refractivity contribution is 7.89. The summed E-state index contributed by atoms with van der Waals surface area (Å²) in [5, 5.41) is 16.3. The molecule has 0 bridgehead atoms. The van der Waals surface area contributed by atoms with Crippen LogP contribution in [0.1, 0.15) is 39.5 Å². The van der Waals surface area contributed by atoms with Crippen molar-refractivity contribution in [2.24, 2.45) is 0 Å². The third kappa shape index (κ3) is 4.35. The number of ether oxygens (including phenoxy) is 1. The molecule has 0 spiro atoms. The third-order valence-electron chi connectivity index (χ3n) is 5.98. The summed E-state index contributed by atoms with van der Waals surface area (Å²) < 4.78 is 32.5. The molecule has 0 aromatic heterocycles. The van der Waals surface area contributed by atoms with Crippen LogP contribution < -0.4 is 21.5 Å². The molecule has 0 saturated carbocycles. The first-order valence-electron chi connectivity index (χ1n) is 10.8. The van der Waals surface area contributed by atoms with Crippen molar-refractivity contribution in [3.8, 4) is 5.75 Å². The van der Waals surface area contributed by atoms with Crippen molar-refractivity contribution in [3.63, 3.8) is 0 Å². The lowest BCUT2D eigenvalue weighted by molar-refractivity contribution is -0.0285. The van der Waals surface area contributed by atoms with Crippen molar-refractivity contribution in [3.05, 3.63) is 37.6 Å². The van der Waals surface area contributed by atoms with Crippen molar-refractivity contribution in [2.75, 3.05) is 23.8 Å². The highest BCUT2D eigenvalue weighted by Gasteiger charge is 2.35. The molecule has 180 valence electrons. The minimum absolute atomic E-state index is 0.0529. The first-order chi connectivity index (χ1) is 15.6. The van der Waals surface area contributed by atoms with Crippen molar-refractivity contribution in [1.82, 2.24) is 4.47 Å². The fourth-order valence-corrected chi connectivity index (χ4v) is 6.06. The molecule has 2 fully saturated rings. The van der Waals surface area contributed by atoms with Gasteiger partial charge < -0.3 is 20.5 Å². The molecule has 33 heavy (non-hydrogen) atoms. The Morgan fingerprint density at radius 2 is 1.97 bits per heavy atom. The van der Waals surface area contributed by atoms with Gasteiger partial charge in [0.25, 0.3) is 20.9 Å². The van der Waals surface area contributed by atoms with Gasteiger partial charge in [0.15, 0.2) is 5.75 Å². The van der Waals surface area contributed by atoms with E-state index in [9.17, 15) is 23.1 Å². The number of aromatic hydroxyl groups is 1. The van der Waals surface area contributed by atoms with Crippen molar-refractivity contribution in [1.29, 1.82) is 0 Å². The quantitative estimate of drug-likeness (QED) is 0.369. The predicted molar refractivity (Wildman–Crippen MR) is 123 cm³/mol. The van der Waals surface area contributed by atoms with Crippen LogP contribution in [0.3, 0.4) is 0 Å². The summed E-state index contributed by atoms with van der Waals surface area (Å²) in [7, 11) is -4.24. The van der Waals surface area contributed by atoms with Gasteiger partial charge >= 0.3 is 0 Å². The number of phenolic OH excluding ortho intramolecular Hbond substituents is 1. The summed E-state index contributed by atoms with van der Waals surface area (Å²) in [5.41, 5.74) is -1.51. The third-order valence-corrected chi connectivity index (χ3v) is 8.16. The second-order valence-electron chi connectivity index (χ2n) is 8.25. The largest absolute Gasteiger partial charge is 0.504 e. The average molecular weight is 500 g/mol. The molecule has 2 saturated heterocycles. The van der Waals surface area contributed by atoms with Gasteiger partial charge in [0.2, 0.25) is 0 Å². The number of phenols is 1. The normalized spacial score (nSPS) is 22.6. The molecule has 1 unspecified atom stereocenters. The van der Waals surface area contributed by atoms with Gasteiger partial charge in [0.05, 0.1) is 35.6 Å². The monoisotopic (exact) mass is 499 g/mol. The van der Waals surface area contributed by atoms with E-state index in [1.54, 1.807) is 0 Å². The summed E-state index contributed by atoms with van der Waals surface area (Å²) in [4.78, 5) is 29.2. The molecule has 10 nitrogen and oxygen atoms in total. The van der Waals surface area contributed by atoms with Gasteiger partial charge in [-0.05, 0) is 44.7 Å². The van der Waals surface area contributed by atoms with E-state index in [1.165, 1.54) is 12.1 Å². The summed E-state index contributed by atoms with van der Waals surface area (Å²) in [6.45, 7) is 4.29. The standard InChI is InChI=1S/C21H26ClN3O7S/c1-3-13(15-8-5-11(2)32-15)23-16-17(20(28)19(16)27)24-14-7-6-12(22)21(18(14)26)33(29,30)25-9-4-10-31-25/h6-7,11,13,15,23-24,26H,3-5,8-10H2,1-2H3/t11-,13+,15?/m1/s1. The minimum atomic E-state index is -4.24. The van der Waals surface area contributed by atoms with E-state index in [0.717, 1.165) is 17.3 Å². The number of hydrogen-bond donors (Lipinski definition) is 3. The number of sulfonamides is 1. The molecule has 4 rings (SSSR count). The fraction of sp³-hybridized carbons (Fsp3) is 0.524. The Kier molecular flexibility index (Phi) is 6.70. The lowest BCUT2D eigenvalue weighted by Gasteiger charge is -2.26. The molecule has 2 aliphatic heterocycles. The Morgan fingerprint density at radius 3 is 2.58 bits per heavy atom. The molecular formula is C21H26ClN3O7S. The summed E-state index contributed by atoms with van der Waals surface area (Å²) in [6, 6.07) is 2.44. The Balaban J connectivity index is 1.62. The lowest BCUT2D eigenvalue weighted by atomic mass is 10.0. The van der Waals surface area contributed by atoms with E-state index >= 15 is 0 Å². The van der Waals surface area contributed by atoms with Crippen LogP contribution in [0.25, 0.3) is 0 Å². The second-order valence-corrected chi connectivity index (χ2v) is 10.4. The van der Waals surface area contributed by atoms with E-state index in [-0.39, 0.29) is 53.5 Å². The number of benzene rings is 1. The van der Waals surface area contributed by atoms with Crippen LogP contribution in [0.4, 0.5) is 17.1 Å². The van der Waals surface area contributed by atoms with Gasteiger partial charge in [-0.3, -0.25) is 14.4 Å². The van der Waals surface area contributed by atoms with E-state index < -0.39 is 31.5 Å². The van der Waals surface area contributed by atoms with Crippen molar-refractivity contribution >= 4 is 38.7 Å². The zero-order chi connectivity index (χ0) is 23.9. The van der Waals surface area contributed by atoms with Crippen LogP contribution in [0.15, 0.2) is 26.6 Å². The number of nitrogens with zero attached hydrogens (tertiary/aromatic N) is 1. The topological polar surface area (TPSA) is 134 Å². The van der Waals surface area contributed by atoms with Crippen LogP contribution in [-0.2, 0) is 19.6 Å². The zero-order valence-corrected chi connectivity index (χ0v) is 19.8. The molecule has 2 aromatic carbocycles. The SMILES string of the molecule is CC[C@H](Nc1c(Nc2ccc(Cl)c(S(=O)(=O)N3CCCO3)c2O)c(=O)c1=O)C1CC[C@@H](C)O1. The molecular weight excluding hydrogens is 474 g/mol. The van der Waals surface area contributed by atoms with E-state index in [1.807, 2.05) is 13.8 Å². The Labute approximate surface area is 196 Å². The highest BCUT2D eigenvalue weighted by atomic mass is 35.5. The summed E-state index contributed by atoms with van der Waals surface area (Å²) in [5.74, 6) is -0.669. The van der Waals surface area contributed by atoms with Crippen LogP contribution in [0, 0.1) is 0 Å². The van der Waals surface area contributed by atoms with Crippen LogP contribution in [0.5, 0.6) is 5.75 Å². The first kappa shape index (κ1) is 24.0. The molecule has 2 aromatic rings. The molecule has 2 aliphatic rings. The first-order valence-corrected chi connectivity index (χ1v) is 12.7. The Hall–Kier alpha value is -2.18. The predicted octanol–water partition coefficient (Wildman–Crippen LogP) is 2.47. The van der Waals surface area contributed by atoms with Gasteiger partial charge in [-0.1, -0.05) is 23.0 Å². The highest BCUT2D eigenvalue weighted by Crippen LogP contribution is 2.40. The number of nitrogens with one attached hydrogen (secondary N) is 2. The Bertz CT molecular complexity index is 1220. The fourth-order valence-electron chi connectivity index (χ4n) is 4.16. The van der Waals surface area contributed by atoms with Gasteiger partial charge in [-0.15, -0.1) is 0 Å². The van der Waals surface area contributed by atoms with Gasteiger partial charge in [-0.2, -0.15) is 0 Å². The summed E-state index contributed by atoms with van der Waals surface area (Å²) in [6.07, 6.45) is 2.96. The van der Waals surface area contributed by atoms with Gasteiger partial charge in [0, 0.05) is 6.54 Å². The number of rotatable bonds is 8. The molecule has 0 amide bonds. The number of halogens is 1. The summed E-state index contributed by atoms with van der Waals surface area (Å²) >= 11 is 6.09. The van der Waals surface area contributed by atoms with Crippen LogP contribution >= 0.6 is 11.6 Å². The van der Waals surface area contributed by atoms with E-state index in [2.05, 4.69) is 10.6 Å². The maximum Gasteiger partial charge on any atom is 0.270 e. The second kappa shape index (κ2) is 9.22. The minimum Gasteiger partial charge on any atom is -0.504 e. The number of hydroxylamine groups is 1. The zero-order valence-electron chi connectivity index (χ0n) is 18.3. The maximum atomic E-state index is 12.9. The van der Waals surface area contributed by atoms with E-state index in [4.69, 9.17) is 21.2 Å². The van der Waals surface area contributed by atoms with Gasteiger partial charge in [0.1, 0.15) is 16.3 Å². The van der Waals surface area contributed by atoms with Crippen molar-refractivity contribution < 1.29 is 23.1 Å². The molecule has 0 aliphatic carbocycles. The Morgan fingerprint density at radius 1 is 1.24 bits per heavy atom. The van der Waals surface area contributed by atoms with Crippen LogP contribution in [0.2, 0.25) is 5.02 Å². The van der Waals surface area contributed by atoms with Crippen molar-refractivity contribution in [2.45, 2.75) is 62.7 Å². The smallest absolute Gasteiger partial charge is 0.270 e. The van der Waals surface area contributed by atoms with E-state index in [0.29, 0.717) is 12.8 Å². The maximum absolute atomic E-state index is 12.9. The molecule has 3 N–H and O–H groups in total. The molecule has 0 radical (unpaired) electrons. The molecule has 2 heterocycles. The lowest BCUT2D eigenvalue weighted by Crippen LogP contribution is -2.42. The number of anilines is 3. The molecule has 12 heteroatoms.